The molecule has 0 radical (unpaired) electrons. The van der Waals surface area contributed by atoms with Crippen LogP contribution in [0.5, 0.6) is 0 Å². The number of nitrogens with one attached hydrogen (secondary N) is 3. The van der Waals surface area contributed by atoms with Crippen LogP contribution >= 0.6 is 11.8 Å². The van der Waals surface area contributed by atoms with Gasteiger partial charge in [-0.05, 0) is 35.2 Å². The summed E-state index contributed by atoms with van der Waals surface area (Å²) in [5.41, 5.74) is 6.25. The Morgan fingerprint density at radius 1 is 0.897 bits per heavy atom. The Kier molecular flexibility index (Phi) is 7.78. The summed E-state index contributed by atoms with van der Waals surface area (Å²) in [6.45, 7) is 6.24. The standard InChI is InChI=1S/C21H24FN3O3S/c1-21(2,3)15-10-8-14(9-11-15)20(28)25-24-19(27)13-29-12-18(26)23-17-7-5-4-6-16(17)22/h4-11H,12-13H2,1-3H3,(H,23,26)(H,24,27)(H,25,28). The van der Waals surface area contributed by atoms with E-state index >= 15 is 0 Å². The highest BCUT2D eigenvalue weighted by Crippen LogP contribution is 2.22. The highest BCUT2D eigenvalue weighted by Gasteiger charge is 2.15. The van der Waals surface area contributed by atoms with Crippen molar-refractivity contribution in [2.45, 2.75) is 26.2 Å². The predicted octanol–water partition coefficient (Wildman–Crippen LogP) is 3.26. The quantitative estimate of drug-likeness (QED) is 0.630. The maximum absolute atomic E-state index is 13.5. The van der Waals surface area contributed by atoms with Gasteiger partial charge in [0.05, 0.1) is 17.2 Å². The first-order valence-electron chi connectivity index (χ1n) is 8.98. The van der Waals surface area contributed by atoms with Crippen molar-refractivity contribution in [2.75, 3.05) is 16.8 Å². The number of hydrazine groups is 1. The Balaban J connectivity index is 1.71. The smallest absolute Gasteiger partial charge is 0.269 e. The van der Waals surface area contributed by atoms with Crippen LogP contribution in [0.4, 0.5) is 10.1 Å². The highest BCUT2D eigenvalue weighted by atomic mass is 32.2. The lowest BCUT2D eigenvalue weighted by Crippen LogP contribution is -2.42. The van der Waals surface area contributed by atoms with Gasteiger partial charge in [-0.25, -0.2) is 4.39 Å². The number of benzene rings is 2. The molecule has 0 aromatic heterocycles. The van der Waals surface area contributed by atoms with E-state index in [1.165, 1.54) is 18.2 Å². The van der Waals surface area contributed by atoms with Gasteiger partial charge < -0.3 is 5.32 Å². The third kappa shape index (κ3) is 7.23. The Labute approximate surface area is 173 Å². The van der Waals surface area contributed by atoms with Crippen molar-refractivity contribution < 1.29 is 18.8 Å². The van der Waals surface area contributed by atoms with Gasteiger partial charge in [-0.2, -0.15) is 0 Å². The van der Waals surface area contributed by atoms with Gasteiger partial charge in [-0.1, -0.05) is 45.0 Å². The van der Waals surface area contributed by atoms with Crippen LogP contribution < -0.4 is 16.2 Å². The van der Waals surface area contributed by atoms with E-state index in [1.807, 2.05) is 12.1 Å². The molecule has 3 N–H and O–H groups in total. The number of carbonyl (C=O) groups is 3. The molecule has 0 aliphatic heterocycles. The second-order valence-corrected chi connectivity index (χ2v) is 8.34. The van der Waals surface area contributed by atoms with Crippen molar-refractivity contribution in [3.63, 3.8) is 0 Å². The number of anilines is 1. The minimum Gasteiger partial charge on any atom is -0.323 e. The van der Waals surface area contributed by atoms with Gasteiger partial charge in [0, 0.05) is 5.56 Å². The van der Waals surface area contributed by atoms with Crippen molar-refractivity contribution in [1.29, 1.82) is 0 Å². The number of thioether (sulfide) groups is 1. The number of para-hydroxylation sites is 1. The van der Waals surface area contributed by atoms with Crippen LogP contribution in [0.2, 0.25) is 0 Å². The fraction of sp³-hybridized carbons (Fsp3) is 0.286. The number of carbonyl (C=O) groups excluding carboxylic acids is 3. The predicted molar refractivity (Wildman–Crippen MR) is 113 cm³/mol. The van der Waals surface area contributed by atoms with Gasteiger partial charge in [-0.3, -0.25) is 25.2 Å². The van der Waals surface area contributed by atoms with Crippen LogP contribution in [-0.2, 0) is 15.0 Å². The second kappa shape index (κ2) is 10.1. The molecule has 0 saturated carbocycles. The zero-order valence-corrected chi connectivity index (χ0v) is 17.4. The van der Waals surface area contributed by atoms with Crippen molar-refractivity contribution >= 4 is 35.2 Å². The largest absolute Gasteiger partial charge is 0.323 e. The minimum absolute atomic E-state index is 0.0149. The molecule has 0 fully saturated rings. The molecule has 0 saturated heterocycles. The summed E-state index contributed by atoms with van der Waals surface area (Å²) >= 11 is 1.05. The zero-order chi connectivity index (χ0) is 21.4. The lowest BCUT2D eigenvalue weighted by molar-refractivity contribution is -0.119. The van der Waals surface area contributed by atoms with Crippen molar-refractivity contribution in [1.82, 2.24) is 10.9 Å². The molecule has 8 heteroatoms. The average Bonchev–Trinajstić information content (AvgIpc) is 2.67. The molecule has 0 aliphatic carbocycles. The van der Waals surface area contributed by atoms with Crippen LogP contribution in [0.3, 0.4) is 0 Å². The summed E-state index contributed by atoms with van der Waals surface area (Å²) in [5.74, 6) is -1.88. The van der Waals surface area contributed by atoms with Crippen LogP contribution in [0.1, 0.15) is 36.7 Å². The van der Waals surface area contributed by atoms with Crippen LogP contribution in [-0.4, -0.2) is 29.2 Å². The first kappa shape index (κ1) is 22.4. The van der Waals surface area contributed by atoms with Crippen LogP contribution in [0.15, 0.2) is 48.5 Å². The van der Waals surface area contributed by atoms with Gasteiger partial charge in [0.25, 0.3) is 5.91 Å². The molecule has 2 rings (SSSR count). The Morgan fingerprint density at radius 3 is 2.14 bits per heavy atom. The van der Waals surface area contributed by atoms with Gasteiger partial charge in [0.2, 0.25) is 11.8 Å². The van der Waals surface area contributed by atoms with E-state index in [2.05, 4.69) is 36.9 Å². The Hall–Kier alpha value is -2.87. The molecule has 0 spiro atoms. The number of halogens is 1. The van der Waals surface area contributed by atoms with Gasteiger partial charge in [-0.15, -0.1) is 11.8 Å². The minimum atomic E-state index is -0.526. The van der Waals surface area contributed by atoms with E-state index in [0.717, 1.165) is 17.3 Å². The molecule has 0 bridgehead atoms. The van der Waals surface area contributed by atoms with E-state index in [-0.39, 0.29) is 22.6 Å². The number of amides is 3. The Bertz CT molecular complexity index is 879. The van der Waals surface area contributed by atoms with Crippen molar-refractivity contribution in [3.8, 4) is 0 Å². The monoisotopic (exact) mass is 417 g/mol. The first-order chi connectivity index (χ1) is 13.7. The molecule has 0 heterocycles. The topological polar surface area (TPSA) is 87.3 Å². The highest BCUT2D eigenvalue weighted by molar-refractivity contribution is 8.00. The van der Waals surface area contributed by atoms with E-state index in [4.69, 9.17) is 0 Å². The fourth-order valence-corrected chi connectivity index (χ4v) is 2.96. The van der Waals surface area contributed by atoms with E-state index < -0.39 is 23.5 Å². The molecule has 29 heavy (non-hydrogen) atoms. The van der Waals surface area contributed by atoms with E-state index in [9.17, 15) is 18.8 Å². The summed E-state index contributed by atoms with van der Waals surface area (Å²) in [7, 11) is 0. The summed E-state index contributed by atoms with van der Waals surface area (Å²) in [6, 6.07) is 13.0. The maximum Gasteiger partial charge on any atom is 0.269 e. The van der Waals surface area contributed by atoms with Gasteiger partial charge >= 0.3 is 0 Å². The molecule has 0 atom stereocenters. The molecule has 154 valence electrons. The van der Waals surface area contributed by atoms with Gasteiger partial charge in [0.15, 0.2) is 0 Å². The third-order valence-corrected chi connectivity index (χ3v) is 4.88. The van der Waals surface area contributed by atoms with Crippen LogP contribution in [0, 0.1) is 5.82 Å². The zero-order valence-electron chi connectivity index (χ0n) is 16.5. The summed E-state index contributed by atoms with van der Waals surface area (Å²) in [4.78, 5) is 35.7. The SMILES string of the molecule is CC(C)(C)c1ccc(C(=O)NNC(=O)CSCC(=O)Nc2ccccc2F)cc1. The lowest BCUT2D eigenvalue weighted by Gasteiger charge is -2.19. The molecule has 6 nitrogen and oxygen atoms in total. The molecule has 0 unspecified atom stereocenters. The maximum atomic E-state index is 13.5. The molecule has 0 aliphatic rings. The van der Waals surface area contributed by atoms with Crippen molar-refractivity contribution in [3.05, 3.63) is 65.5 Å². The normalized spacial score (nSPS) is 10.9. The summed E-state index contributed by atoms with van der Waals surface area (Å²) in [5, 5.41) is 2.43. The van der Waals surface area contributed by atoms with Crippen LogP contribution in [0.25, 0.3) is 0 Å². The molecule has 2 aromatic rings. The summed E-state index contributed by atoms with van der Waals surface area (Å²) < 4.78 is 13.5. The number of rotatable bonds is 6. The molecular weight excluding hydrogens is 393 g/mol. The van der Waals surface area contributed by atoms with E-state index in [1.54, 1.807) is 18.2 Å². The lowest BCUT2D eigenvalue weighted by atomic mass is 9.87. The fourth-order valence-electron chi connectivity index (χ4n) is 2.34. The second-order valence-electron chi connectivity index (χ2n) is 7.35. The first-order valence-corrected chi connectivity index (χ1v) is 10.1. The average molecular weight is 418 g/mol. The van der Waals surface area contributed by atoms with E-state index in [0.29, 0.717) is 5.56 Å². The summed E-state index contributed by atoms with van der Waals surface area (Å²) in [6.07, 6.45) is 0. The number of hydrogen-bond acceptors (Lipinski definition) is 4. The molecule has 3 amide bonds. The molecular formula is C21H24FN3O3S. The van der Waals surface area contributed by atoms with Crippen molar-refractivity contribution in [2.24, 2.45) is 0 Å². The van der Waals surface area contributed by atoms with Gasteiger partial charge in [0.1, 0.15) is 5.82 Å². The number of hydrogen-bond donors (Lipinski definition) is 3. The Morgan fingerprint density at radius 2 is 1.52 bits per heavy atom. The third-order valence-electron chi connectivity index (χ3n) is 3.94. The molecule has 2 aromatic carbocycles.